The van der Waals surface area contributed by atoms with Gasteiger partial charge >= 0.3 is 0 Å². The molecule has 0 bridgehead atoms. The van der Waals surface area contributed by atoms with Gasteiger partial charge in [0.1, 0.15) is 0 Å². The van der Waals surface area contributed by atoms with E-state index in [1.807, 2.05) is 0 Å². The van der Waals surface area contributed by atoms with Crippen LogP contribution in [0.25, 0.3) is 0 Å². The van der Waals surface area contributed by atoms with Gasteiger partial charge in [-0.15, -0.1) is 0 Å². The van der Waals surface area contributed by atoms with Crippen LogP contribution >= 0.6 is 15.9 Å². The molecule has 0 unspecified atom stereocenters. The number of rotatable bonds is 6. The van der Waals surface area contributed by atoms with E-state index in [9.17, 15) is 13.5 Å². The number of aromatic hydroxyl groups is 1. The molecule has 8 heteroatoms. The first-order chi connectivity index (χ1) is 10.9. The van der Waals surface area contributed by atoms with Crippen molar-refractivity contribution in [2.24, 2.45) is 5.10 Å². The molecule has 0 radical (unpaired) electrons. The number of hydrazone groups is 1. The van der Waals surface area contributed by atoms with Crippen LogP contribution in [0.3, 0.4) is 0 Å². The Morgan fingerprint density at radius 1 is 1.26 bits per heavy atom. The van der Waals surface area contributed by atoms with Crippen LogP contribution in [0, 0.1) is 0 Å². The number of benzene rings is 2. The zero-order chi connectivity index (χ0) is 16.9. The van der Waals surface area contributed by atoms with E-state index in [-0.39, 0.29) is 10.6 Å². The monoisotopic (exact) mass is 398 g/mol. The summed E-state index contributed by atoms with van der Waals surface area (Å²) in [6, 6.07) is 10.8. The van der Waals surface area contributed by atoms with Crippen molar-refractivity contribution in [2.45, 2.75) is 11.8 Å². The summed E-state index contributed by atoms with van der Waals surface area (Å²) in [5.74, 6) is 0.326. The molecule has 23 heavy (non-hydrogen) atoms. The summed E-state index contributed by atoms with van der Waals surface area (Å²) in [5, 5.41) is 13.3. The zero-order valence-corrected chi connectivity index (χ0v) is 14.6. The van der Waals surface area contributed by atoms with Crippen molar-refractivity contribution in [1.29, 1.82) is 0 Å². The highest BCUT2D eigenvalue weighted by atomic mass is 79.9. The van der Waals surface area contributed by atoms with Gasteiger partial charge in [-0.1, -0.05) is 15.9 Å². The number of hydrogen-bond donors (Lipinski definition) is 2. The maximum Gasteiger partial charge on any atom is 0.276 e. The summed E-state index contributed by atoms with van der Waals surface area (Å²) >= 11 is 3.24. The summed E-state index contributed by atoms with van der Waals surface area (Å²) in [5.41, 5.74) is 0.588. The summed E-state index contributed by atoms with van der Waals surface area (Å²) in [6.45, 7) is 2.21. The van der Waals surface area contributed by atoms with E-state index in [1.54, 1.807) is 31.2 Å². The first-order valence-electron chi connectivity index (χ1n) is 6.68. The Kier molecular flexibility index (Phi) is 5.62. The van der Waals surface area contributed by atoms with Gasteiger partial charge in [0, 0.05) is 4.47 Å². The third-order valence-electron chi connectivity index (χ3n) is 2.79. The van der Waals surface area contributed by atoms with Crippen molar-refractivity contribution >= 4 is 32.2 Å². The van der Waals surface area contributed by atoms with Crippen molar-refractivity contribution in [3.8, 4) is 11.5 Å². The van der Waals surface area contributed by atoms with E-state index in [0.717, 1.165) is 4.47 Å². The van der Waals surface area contributed by atoms with Crippen LogP contribution < -0.4 is 9.57 Å². The van der Waals surface area contributed by atoms with Crippen LogP contribution in [0.2, 0.25) is 0 Å². The van der Waals surface area contributed by atoms with E-state index < -0.39 is 10.0 Å². The Labute approximate surface area is 143 Å². The third-order valence-corrected chi connectivity index (χ3v) is 4.56. The molecule has 0 atom stereocenters. The van der Waals surface area contributed by atoms with Crippen LogP contribution in [0.1, 0.15) is 12.5 Å². The summed E-state index contributed by atoms with van der Waals surface area (Å²) in [4.78, 5) is 2.24. The molecule has 2 N–H and O–H groups in total. The number of sulfonamides is 1. The normalized spacial score (nSPS) is 11.6. The van der Waals surface area contributed by atoms with Gasteiger partial charge in [-0.05, 0) is 55.0 Å². The van der Waals surface area contributed by atoms with Gasteiger partial charge in [-0.2, -0.15) is 13.5 Å². The van der Waals surface area contributed by atoms with Crippen LogP contribution in [0.15, 0.2) is 56.9 Å². The first-order valence-corrected chi connectivity index (χ1v) is 8.96. The van der Waals surface area contributed by atoms with Gasteiger partial charge in [-0.25, -0.2) is 4.83 Å². The zero-order valence-electron chi connectivity index (χ0n) is 12.2. The molecule has 0 saturated heterocycles. The van der Waals surface area contributed by atoms with Gasteiger partial charge in [-0.3, -0.25) is 0 Å². The average Bonchev–Trinajstić information content (AvgIpc) is 2.51. The third kappa shape index (κ3) is 4.70. The number of nitrogens with one attached hydrogen (secondary N) is 1. The molecule has 122 valence electrons. The number of halogens is 1. The number of hydrogen-bond acceptors (Lipinski definition) is 5. The maximum atomic E-state index is 12.1. The summed E-state index contributed by atoms with van der Waals surface area (Å²) in [7, 11) is -3.73. The quantitative estimate of drug-likeness (QED) is 0.578. The van der Waals surface area contributed by atoms with Crippen molar-refractivity contribution in [2.75, 3.05) is 6.61 Å². The van der Waals surface area contributed by atoms with Crippen molar-refractivity contribution in [3.63, 3.8) is 0 Å². The molecule has 0 fully saturated rings. The van der Waals surface area contributed by atoms with Gasteiger partial charge in [0.05, 0.1) is 17.7 Å². The summed E-state index contributed by atoms with van der Waals surface area (Å²) in [6.07, 6.45) is 1.33. The number of phenols is 1. The predicted molar refractivity (Wildman–Crippen MR) is 91.3 cm³/mol. The van der Waals surface area contributed by atoms with E-state index in [1.165, 1.54) is 24.4 Å². The molecule has 2 rings (SSSR count). The van der Waals surface area contributed by atoms with Gasteiger partial charge in [0.15, 0.2) is 11.5 Å². The van der Waals surface area contributed by atoms with Crippen molar-refractivity contribution in [3.05, 3.63) is 52.5 Å². The lowest BCUT2D eigenvalue weighted by molar-refractivity contribution is 0.318. The lowest BCUT2D eigenvalue weighted by Crippen LogP contribution is -2.18. The smallest absolute Gasteiger partial charge is 0.276 e. The molecule has 0 aliphatic rings. The SMILES string of the molecule is CCOc1cc(/C=N/NS(=O)(=O)c2ccc(Br)cc2)ccc1O. The second-order valence-electron chi connectivity index (χ2n) is 4.47. The Hall–Kier alpha value is -2.06. The van der Waals surface area contributed by atoms with Gasteiger partial charge < -0.3 is 9.84 Å². The molecule has 0 aliphatic heterocycles. The van der Waals surface area contributed by atoms with Crippen LogP contribution in [-0.2, 0) is 10.0 Å². The van der Waals surface area contributed by atoms with Crippen LogP contribution in [0.5, 0.6) is 11.5 Å². The fourth-order valence-corrected chi connectivity index (χ4v) is 2.77. The molecule has 2 aromatic rings. The predicted octanol–water partition coefficient (Wildman–Crippen LogP) is 2.87. The highest BCUT2D eigenvalue weighted by Crippen LogP contribution is 2.26. The summed E-state index contributed by atoms with van der Waals surface area (Å²) < 4.78 is 30.1. The minimum atomic E-state index is -3.73. The lowest BCUT2D eigenvalue weighted by atomic mass is 10.2. The molecule has 0 saturated carbocycles. The largest absolute Gasteiger partial charge is 0.504 e. The Morgan fingerprint density at radius 3 is 2.61 bits per heavy atom. The minimum absolute atomic E-state index is 0.0134. The van der Waals surface area contributed by atoms with Crippen molar-refractivity contribution < 1.29 is 18.3 Å². The van der Waals surface area contributed by atoms with Crippen molar-refractivity contribution in [1.82, 2.24) is 4.83 Å². The van der Waals surface area contributed by atoms with E-state index >= 15 is 0 Å². The molecular weight excluding hydrogens is 384 g/mol. The second kappa shape index (κ2) is 7.47. The second-order valence-corrected chi connectivity index (χ2v) is 7.04. The molecular formula is C15H15BrN2O4S. The highest BCUT2D eigenvalue weighted by Gasteiger charge is 2.12. The van der Waals surface area contributed by atoms with Crippen LogP contribution in [0.4, 0.5) is 0 Å². The fourth-order valence-electron chi connectivity index (χ4n) is 1.72. The van der Waals surface area contributed by atoms with Gasteiger partial charge in [0.2, 0.25) is 0 Å². The van der Waals surface area contributed by atoms with E-state index in [0.29, 0.717) is 17.9 Å². The molecule has 0 aliphatic carbocycles. The topological polar surface area (TPSA) is 88.0 Å². The fraction of sp³-hybridized carbons (Fsp3) is 0.133. The molecule has 6 nitrogen and oxygen atoms in total. The lowest BCUT2D eigenvalue weighted by Gasteiger charge is -2.06. The molecule has 0 amide bonds. The Bertz CT molecular complexity index is 805. The standard InChI is InChI=1S/C15H15BrN2O4S/c1-2-22-15-9-11(3-8-14(15)19)10-17-18-23(20,21)13-6-4-12(16)5-7-13/h3-10,18-19H,2H2,1H3/b17-10+. The van der Waals surface area contributed by atoms with Gasteiger partial charge in [0.25, 0.3) is 10.0 Å². The molecule has 0 spiro atoms. The first kappa shape index (κ1) is 17.3. The maximum absolute atomic E-state index is 12.1. The highest BCUT2D eigenvalue weighted by molar-refractivity contribution is 9.10. The van der Waals surface area contributed by atoms with E-state index in [2.05, 4.69) is 25.9 Å². The molecule has 0 heterocycles. The molecule has 2 aromatic carbocycles. The number of phenolic OH excluding ortho intramolecular Hbond substituents is 1. The average molecular weight is 399 g/mol. The molecule has 0 aromatic heterocycles. The minimum Gasteiger partial charge on any atom is -0.504 e. The van der Waals surface area contributed by atoms with E-state index in [4.69, 9.17) is 4.74 Å². The Morgan fingerprint density at radius 2 is 1.96 bits per heavy atom. The Balaban J connectivity index is 2.12. The number of nitrogens with zero attached hydrogens (tertiary/aromatic N) is 1. The van der Waals surface area contributed by atoms with Crippen LogP contribution in [-0.4, -0.2) is 26.3 Å². The number of ether oxygens (including phenoxy) is 1.